The zero-order valence-corrected chi connectivity index (χ0v) is 14.4. The third kappa shape index (κ3) is 3.07. The molecule has 2 amide bonds. The van der Waals surface area contributed by atoms with Crippen LogP contribution in [0.1, 0.15) is 54.4 Å². The molecule has 0 aliphatic carbocycles. The largest absolute Gasteiger partial charge is 0.383 e. The molecule has 0 spiro atoms. The lowest BCUT2D eigenvalue weighted by atomic mass is 9.78. The van der Waals surface area contributed by atoms with Crippen molar-refractivity contribution in [3.05, 3.63) is 0 Å². The van der Waals surface area contributed by atoms with E-state index in [1.54, 1.807) is 12.0 Å². The number of nitrogens with zero attached hydrogens (tertiary/aromatic N) is 1. The molecule has 1 fully saturated rings. The maximum Gasteiger partial charge on any atom is 0.246 e. The summed E-state index contributed by atoms with van der Waals surface area (Å²) >= 11 is 0. The molecule has 0 aromatic rings. The average Bonchev–Trinajstić information content (AvgIpc) is 2.39. The summed E-state index contributed by atoms with van der Waals surface area (Å²) < 4.78 is 5.22. The summed E-state index contributed by atoms with van der Waals surface area (Å²) in [7, 11) is 1.62. The second-order valence-electron chi connectivity index (χ2n) is 7.02. The normalized spacial score (nSPS) is 24.0. The average molecular weight is 298 g/mol. The van der Waals surface area contributed by atoms with Crippen LogP contribution in [0.3, 0.4) is 0 Å². The van der Waals surface area contributed by atoms with E-state index in [4.69, 9.17) is 4.74 Å². The number of amides is 2. The van der Waals surface area contributed by atoms with Gasteiger partial charge in [-0.1, -0.05) is 34.6 Å². The lowest BCUT2D eigenvalue weighted by Gasteiger charge is -2.52. The summed E-state index contributed by atoms with van der Waals surface area (Å²) in [5.41, 5.74) is -1.08. The van der Waals surface area contributed by atoms with Gasteiger partial charge in [-0.2, -0.15) is 0 Å². The minimum Gasteiger partial charge on any atom is -0.383 e. The predicted octanol–water partition coefficient (Wildman–Crippen LogP) is 1.95. The van der Waals surface area contributed by atoms with Crippen LogP contribution in [0.15, 0.2) is 0 Å². The highest BCUT2D eigenvalue weighted by Gasteiger charge is 2.54. The molecule has 1 heterocycles. The molecule has 1 N–H and O–H groups in total. The van der Waals surface area contributed by atoms with Crippen molar-refractivity contribution in [3.63, 3.8) is 0 Å². The van der Waals surface area contributed by atoms with Crippen LogP contribution < -0.4 is 5.32 Å². The second-order valence-corrected chi connectivity index (χ2v) is 7.02. The predicted molar refractivity (Wildman–Crippen MR) is 82.9 cm³/mol. The molecule has 1 aliphatic rings. The fourth-order valence-electron chi connectivity index (χ4n) is 3.24. The van der Waals surface area contributed by atoms with E-state index < -0.39 is 11.6 Å². The number of carbonyl (C=O) groups is 2. The van der Waals surface area contributed by atoms with Crippen molar-refractivity contribution in [2.75, 3.05) is 13.7 Å². The Morgan fingerprint density at radius 3 is 2.19 bits per heavy atom. The standard InChI is InChI=1S/C16H30N2O3/c1-8-16(9-2)14(20)17-12(15(4,5)6)13(19)18(16)11(3)10-21-7/h11-12H,8-10H2,1-7H3,(H,17,20). The lowest BCUT2D eigenvalue weighted by molar-refractivity contribution is -0.166. The van der Waals surface area contributed by atoms with Crippen LogP contribution >= 0.6 is 0 Å². The number of piperazine rings is 1. The van der Waals surface area contributed by atoms with E-state index in [1.807, 2.05) is 41.5 Å². The Bertz CT molecular complexity index is 397. The first kappa shape index (κ1) is 18.0. The quantitative estimate of drug-likeness (QED) is 0.844. The summed E-state index contributed by atoms with van der Waals surface area (Å²) in [6, 6.07) is -0.617. The fraction of sp³-hybridized carbons (Fsp3) is 0.875. The van der Waals surface area contributed by atoms with Crippen LogP contribution in [0.2, 0.25) is 0 Å². The molecule has 5 nitrogen and oxygen atoms in total. The summed E-state index contributed by atoms with van der Waals surface area (Å²) in [5.74, 6) is -0.0506. The molecule has 5 heteroatoms. The maximum absolute atomic E-state index is 13.0. The van der Waals surface area contributed by atoms with Crippen molar-refractivity contribution in [1.82, 2.24) is 10.2 Å². The van der Waals surface area contributed by atoms with Gasteiger partial charge in [-0.3, -0.25) is 9.59 Å². The number of carbonyl (C=O) groups excluding carboxylic acids is 2. The van der Waals surface area contributed by atoms with Crippen molar-refractivity contribution in [2.45, 2.75) is 72.0 Å². The van der Waals surface area contributed by atoms with Crippen molar-refractivity contribution in [1.29, 1.82) is 0 Å². The Morgan fingerprint density at radius 2 is 1.81 bits per heavy atom. The molecule has 21 heavy (non-hydrogen) atoms. The first-order valence-electron chi connectivity index (χ1n) is 7.78. The molecular weight excluding hydrogens is 268 g/mol. The highest BCUT2D eigenvalue weighted by molar-refractivity contribution is 6.00. The van der Waals surface area contributed by atoms with Crippen molar-refractivity contribution in [2.24, 2.45) is 5.41 Å². The number of hydrogen-bond acceptors (Lipinski definition) is 3. The van der Waals surface area contributed by atoms with E-state index in [2.05, 4.69) is 5.32 Å². The van der Waals surface area contributed by atoms with E-state index in [9.17, 15) is 9.59 Å². The zero-order chi connectivity index (χ0) is 16.4. The van der Waals surface area contributed by atoms with Gasteiger partial charge in [0.15, 0.2) is 0 Å². The van der Waals surface area contributed by atoms with Gasteiger partial charge in [-0.25, -0.2) is 0 Å². The van der Waals surface area contributed by atoms with Gasteiger partial charge < -0.3 is 15.0 Å². The van der Waals surface area contributed by atoms with E-state index in [0.29, 0.717) is 19.4 Å². The van der Waals surface area contributed by atoms with E-state index in [-0.39, 0.29) is 23.3 Å². The number of rotatable bonds is 5. The van der Waals surface area contributed by atoms with Crippen molar-refractivity contribution in [3.8, 4) is 0 Å². The molecule has 1 saturated heterocycles. The van der Waals surface area contributed by atoms with Crippen LogP contribution in [0.25, 0.3) is 0 Å². The maximum atomic E-state index is 13.0. The van der Waals surface area contributed by atoms with Gasteiger partial charge in [0.1, 0.15) is 11.6 Å². The minimum atomic E-state index is -0.767. The van der Waals surface area contributed by atoms with Crippen molar-refractivity contribution < 1.29 is 14.3 Å². The topological polar surface area (TPSA) is 58.6 Å². The number of hydrogen-bond donors (Lipinski definition) is 1. The van der Waals surface area contributed by atoms with Gasteiger partial charge in [0.05, 0.1) is 12.6 Å². The van der Waals surface area contributed by atoms with E-state index in [1.165, 1.54) is 0 Å². The Morgan fingerprint density at radius 1 is 1.29 bits per heavy atom. The number of nitrogens with one attached hydrogen (secondary N) is 1. The summed E-state index contributed by atoms with van der Waals surface area (Å²) in [4.78, 5) is 27.5. The van der Waals surface area contributed by atoms with Gasteiger partial charge in [-0.05, 0) is 25.2 Å². The Labute approximate surface area is 128 Å². The molecule has 0 radical (unpaired) electrons. The molecule has 0 saturated carbocycles. The van der Waals surface area contributed by atoms with Gasteiger partial charge in [-0.15, -0.1) is 0 Å². The van der Waals surface area contributed by atoms with Gasteiger partial charge in [0, 0.05) is 7.11 Å². The SMILES string of the molecule is CCC1(CC)C(=O)NC(C(C)(C)C)C(=O)N1C(C)COC. The third-order valence-electron chi connectivity index (χ3n) is 4.53. The monoisotopic (exact) mass is 298 g/mol. The zero-order valence-electron chi connectivity index (χ0n) is 14.4. The summed E-state index contributed by atoms with van der Waals surface area (Å²) in [6.45, 7) is 12.2. The Balaban J connectivity index is 3.30. The van der Waals surface area contributed by atoms with Crippen LogP contribution in [0.5, 0.6) is 0 Å². The molecule has 2 atom stereocenters. The fourth-order valence-corrected chi connectivity index (χ4v) is 3.24. The highest BCUT2D eigenvalue weighted by atomic mass is 16.5. The van der Waals surface area contributed by atoms with Gasteiger partial charge >= 0.3 is 0 Å². The van der Waals surface area contributed by atoms with Gasteiger partial charge in [0.2, 0.25) is 11.8 Å². The highest BCUT2D eigenvalue weighted by Crippen LogP contribution is 2.35. The van der Waals surface area contributed by atoms with Crippen molar-refractivity contribution >= 4 is 11.8 Å². The molecule has 1 rings (SSSR count). The molecule has 122 valence electrons. The van der Waals surface area contributed by atoms with Crippen LogP contribution in [-0.4, -0.2) is 48.1 Å². The first-order chi connectivity index (χ1) is 9.65. The molecule has 0 aromatic carbocycles. The third-order valence-corrected chi connectivity index (χ3v) is 4.53. The van der Waals surface area contributed by atoms with Crippen LogP contribution in [0.4, 0.5) is 0 Å². The van der Waals surface area contributed by atoms with Gasteiger partial charge in [0.25, 0.3) is 0 Å². The van der Waals surface area contributed by atoms with Crippen LogP contribution in [-0.2, 0) is 14.3 Å². The number of ether oxygens (including phenoxy) is 1. The summed E-state index contributed by atoms with van der Waals surface area (Å²) in [5, 5.41) is 2.95. The lowest BCUT2D eigenvalue weighted by Crippen LogP contribution is -2.74. The second kappa shape index (κ2) is 6.34. The smallest absolute Gasteiger partial charge is 0.246 e. The molecule has 2 unspecified atom stereocenters. The van der Waals surface area contributed by atoms with E-state index in [0.717, 1.165) is 0 Å². The Hall–Kier alpha value is -1.10. The summed E-state index contributed by atoms with van der Waals surface area (Å²) in [6.07, 6.45) is 1.21. The number of methoxy groups -OCH3 is 1. The molecule has 0 bridgehead atoms. The van der Waals surface area contributed by atoms with Crippen LogP contribution in [0, 0.1) is 5.41 Å². The minimum absolute atomic E-state index is 0.00431. The first-order valence-corrected chi connectivity index (χ1v) is 7.78. The Kier molecular flexibility index (Phi) is 5.42. The molecule has 1 aliphatic heterocycles. The van der Waals surface area contributed by atoms with E-state index >= 15 is 0 Å². The molecule has 0 aromatic heterocycles. The molecular formula is C16H30N2O3.